The summed E-state index contributed by atoms with van der Waals surface area (Å²) in [5.74, 6) is 1.91. The molecule has 2 rings (SSSR count). The first-order valence-corrected chi connectivity index (χ1v) is 5.10. The number of aromatic nitrogens is 2. The van der Waals surface area contributed by atoms with Crippen LogP contribution in [0.2, 0.25) is 0 Å². The fourth-order valence-electron chi connectivity index (χ4n) is 1.60. The lowest BCUT2D eigenvalue weighted by Crippen LogP contribution is -2.04. The van der Waals surface area contributed by atoms with E-state index in [0.717, 1.165) is 24.7 Å². The second-order valence-electron chi connectivity index (χ2n) is 3.70. The van der Waals surface area contributed by atoms with Crippen molar-refractivity contribution in [3.05, 3.63) is 11.8 Å². The van der Waals surface area contributed by atoms with Gasteiger partial charge in [-0.2, -0.15) is 5.10 Å². The molecule has 0 bridgehead atoms. The fraction of sp³-hybridized carbons (Fsp3) is 0.700. The molecule has 0 unspecified atom stereocenters. The molecule has 1 saturated carbocycles. The van der Waals surface area contributed by atoms with Gasteiger partial charge in [-0.1, -0.05) is 6.92 Å². The van der Waals surface area contributed by atoms with Gasteiger partial charge in [0.25, 0.3) is 0 Å². The molecule has 0 atom stereocenters. The molecule has 1 heterocycles. The van der Waals surface area contributed by atoms with Crippen molar-refractivity contribution in [2.24, 2.45) is 0 Å². The Balaban J connectivity index is 2.20. The highest BCUT2D eigenvalue weighted by molar-refractivity contribution is 5.38. The standard InChI is InChI=1S/C10H17N3/c1-3-6-13-10(11-2)7-9(12-13)8-4-5-8/h7-8,11H,3-6H2,1-2H3. The number of rotatable bonds is 4. The van der Waals surface area contributed by atoms with Crippen molar-refractivity contribution in [2.45, 2.75) is 38.6 Å². The van der Waals surface area contributed by atoms with E-state index >= 15 is 0 Å². The second-order valence-corrected chi connectivity index (χ2v) is 3.70. The Labute approximate surface area is 79.1 Å². The molecule has 3 heteroatoms. The maximum atomic E-state index is 4.59. The van der Waals surface area contributed by atoms with Crippen molar-refractivity contribution >= 4 is 5.82 Å². The van der Waals surface area contributed by atoms with Gasteiger partial charge in [0, 0.05) is 25.6 Å². The Hall–Kier alpha value is -0.990. The van der Waals surface area contributed by atoms with Crippen molar-refractivity contribution in [3.63, 3.8) is 0 Å². The molecule has 1 aromatic heterocycles. The number of aryl methyl sites for hydroxylation is 1. The fourth-order valence-corrected chi connectivity index (χ4v) is 1.60. The van der Waals surface area contributed by atoms with E-state index in [-0.39, 0.29) is 0 Å². The summed E-state index contributed by atoms with van der Waals surface area (Å²) >= 11 is 0. The summed E-state index contributed by atoms with van der Waals surface area (Å²) in [6.07, 6.45) is 3.79. The lowest BCUT2D eigenvalue weighted by molar-refractivity contribution is 0.600. The van der Waals surface area contributed by atoms with Crippen LogP contribution in [0.1, 0.15) is 37.8 Å². The van der Waals surface area contributed by atoms with E-state index in [1.807, 2.05) is 7.05 Å². The minimum Gasteiger partial charge on any atom is -0.373 e. The molecule has 0 spiro atoms. The number of nitrogens with one attached hydrogen (secondary N) is 1. The summed E-state index contributed by atoms with van der Waals surface area (Å²) in [6, 6.07) is 2.19. The summed E-state index contributed by atoms with van der Waals surface area (Å²) < 4.78 is 2.08. The molecule has 1 aliphatic rings. The summed E-state index contributed by atoms with van der Waals surface area (Å²) in [6.45, 7) is 3.20. The number of hydrogen-bond donors (Lipinski definition) is 1. The van der Waals surface area contributed by atoms with E-state index in [1.54, 1.807) is 0 Å². The lowest BCUT2D eigenvalue weighted by atomic mass is 10.3. The van der Waals surface area contributed by atoms with Crippen LogP contribution in [-0.4, -0.2) is 16.8 Å². The van der Waals surface area contributed by atoms with Crippen molar-refractivity contribution < 1.29 is 0 Å². The highest BCUT2D eigenvalue weighted by Gasteiger charge is 2.26. The van der Waals surface area contributed by atoms with Crippen LogP contribution in [0.5, 0.6) is 0 Å². The van der Waals surface area contributed by atoms with Crippen molar-refractivity contribution in [3.8, 4) is 0 Å². The third-order valence-corrected chi connectivity index (χ3v) is 2.49. The van der Waals surface area contributed by atoms with Gasteiger partial charge in [0.05, 0.1) is 5.69 Å². The first-order chi connectivity index (χ1) is 6.35. The van der Waals surface area contributed by atoms with Gasteiger partial charge in [0.1, 0.15) is 5.82 Å². The van der Waals surface area contributed by atoms with E-state index in [0.29, 0.717) is 0 Å². The minimum atomic E-state index is 0.755. The zero-order valence-electron chi connectivity index (χ0n) is 8.38. The van der Waals surface area contributed by atoms with E-state index < -0.39 is 0 Å². The van der Waals surface area contributed by atoms with E-state index in [2.05, 4.69) is 28.1 Å². The van der Waals surface area contributed by atoms with Crippen LogP contribution in [0.4, 0.5) is 5.82 Å². The molecule has 0 saturated heterocycles. The molecule has 1 aromatic rings. The average Bonchev–Trinajstić information content (AvgIpc) is 2.90. The molecule has 13 heavy (non-hydrogen) atoms. The molecule has 1 aliphatic carbocycles. The lowest BCUT2D eigenvalue weighted by Gasteiger charge is -2.03. The zero-order chi connectivity index (χ0) is 9.26. The minimum absolute atomic E-state index is 0.755. The van der Waals surface area contributed by atoms with Crippen LogP contribution in [-0.2, 0) is 6.54 Å². The van der Waals surface area contributed by atoms with Gasteiger partial charge in [0.15, 0.2) is 0 Å². The Kier molecular flexibility index (Phi) is 2.25. The zero-order valence-corrected chi connectivity index (χ0v) is 8.38. The summed E-state index contributed by atoms with van der Waals surface area (Å²) in [5, 5.41) is 7.77. The summed E-state index contributed by atoms with van der Waals surface area (Å²) in [4.78, 5) is 0. The second kappa shape index (κ2) is 3.40. The predicted octanol–water partition coefficient (Wildman–Crippen LogP) is 2.21. The molecule has 0 radical (unpaired) electrons. The topological polar surface area (TPSA) is 29.9 Å². The predicted molar refractivity (Wildman–Crippen MR) is 54.0 cm³/mol. The number of nitrogens with zero attached hydrogens (tertiary/aromatic N) is 2. The SMILES string of the molecule is CCCn1nc(C2CC2)cc1NC. The van der Waals surface area contributed by atoms with Gasteiger partial charge < -0.3 is 5.32 Å². The molecule has 1 fully saturated rings. The average molecular weight is 179 g/mol. The van der Waals surface area contributed by atoms with Crippen LogP contribution in [0.25, 0.3) is 0 Å². The molecule has 0 aromatic carbocycles. The van der Waals surface area contributed by atoms with Gasteiger partial charge in [-0.3, -0.25) is 0 Å². The number of anilines is 1. The maximum Gasteiger partial charge on any atom is 0.124 e. The molecule has 0 amide bonds. The van der Waals surface area contributed by atoms with E-state index in [4.69, 9.17) is 0 Å². The van der Waals surface area contributed by atoms with Gasteiger partial charge in [-0.25, -0.2) is 4.68 Å². The Morgan fingerprint density at radius 1 is 1.62 bits per heavy atom. The van der Waals surface area contributed by atoms with Crippen LogP contribution in [0.3, 0.4) is 0 Å². The molecule has 0 aliphatic heterocycles. The van der Waals surface area contributed by atoms with Crippen LogP contribution in [0, 0.1) is 0 Å². The van der Waals surface area contributed by atoms with E-state index in [1.165, 1.54) is 18.5 Å². The van der Waals surface area contributed by atoms with Gasteiger partial charge in [0.2, 0.25) is 0 Å². The Morgan fingerprint density at radius 2 is 2.38 bits per heavy atom. The largest absolute Gasteiger partial charge is 0.373 e. The monoisotopic (exact) mass is 179 g/mol. The molecular weight excluding hydrogens is 162 g/mol. The third kappa shape index (κ3) is 1.69. The van der Waals surface area contributed by atoms with Crippen molar-refractivity contribution in [2.75, 3.05) is 12.4 Å². The molecule has 3 nitrogen and oxygen atoms in total. The highest BCUT2D eigenvalue weighted by Crippen LogP contribution is 2.39. The highest BCUT2D eigenvalue weighted by atomic mass is 15.3. The normalized spacial score (nSPS) is 16.2. The Morgan fingerprint density at radius 3 is 2.92 bits per heavy atom. The third-order valence-electron chi connectivity index (χ3n) is 2.49. The molecular formula is C10H17N3. The Bertz CT molecular complexity index is 286. The van der Waals surface area contributed by atoms with Crippen LogP contribution in [0.15, 0.2) is 6.07 Å². The van der Waals surface area contributed by atoms with Gasteiger partial charge in [-0.05, 0) is 19.3 Å². The first-order valence-electron chi connectivity index (χ1n) is 5.10. The summed E-state index contributed by atoms with van der Waals surface area (Å²) in [5.41, 5.74) is 1.28. The van der Waals surface area contributed by atoms with Gasteiger partial charge in [-0.15, -0.1) is 0 Å². The number of hydrogen-bond acceptors (Lipinski definition) is 2. The van der Waals surface area contributed by atoms with Crippen LogP contribution < -0.4 is 5.32 Å². The molecule has 1 N–H and O–H groups in total. The van der Waals surface area contributed by atoms with Crippen molar-refractivity contribution in [1.82, 2.24) is 9.78 Å². The maximum absolute atomic E-state index is 4.59. The quantitative estimate of drug-likeness (QED) is 0.768. The van der Waals surface area contributed by atoms with Crippen LogP contribution >= 0.6 is 0 Å². The van der Waals surface area contributed by atoms with E-state index in [9.17, 15) is 0 Å². The van der Waals surface area contributed by atoms with Gasteiger partial charge >= 0.3 is 0 Å². The molecule has 72 valence electrons. The summed E-state index contributed by atoms with van der Waals surface area (Å²) in [7, 11) is 1.96. The first kappa shape index (κ1) is 8.60. The van der Waals surface area contributed by atoms with Crippen molar-refractivity contribution in [1.29, 1.82) is 0 Å². The smallest absolute Gasteiger partial charge is 0.124 e.